The molecule has 0 aromatic rings. The lowest BCUT2D eigenvalue weighted by Gasteiger charge is -2.37. The van der Waals surface area contributed by atoms with Crippen LogP contribution in [0.15, 0.2) is 0 Å². The Labute approximate surface area is 116 Å². The fraction of sp³-hybridized carbons (Fsp3) is 0.933. The van der Waals surface area contributed by atoms with Crippen molar-refractivity contribution in [3.05, 3.63) is 0 Å². The minimum atomic E-state index is -0.146. The summed E-state index contributed by atoms with van der Waals surface area (Å²) in [5, 5.41) is 3.82. The van der Waals surface area contributed by atoms with Crippen molar-refractivity contribution in [2.75, 3.05) is 19.7 Å². The van der Waals surface area contributed by atoms with Crippen molar-refractivity contribution in [3.8, 4) is 0 Å². The van der Waals surface area contributed by atoms with E-state index in [1.54, 1.807) is 0 Å². The van der Waals surface area contributed by atoms with Crippen LogP contribution in [0.2, 0.25) is 0 Å². The number of nitrogens with one attached hydrogen (secondary N) is 1. The number of ether oxygens (including phenoxy) is 1. The molecule has 1 N–H and O–H groups in total. The van der Waals surface area contributed by atoms with Gasteiger partial charge < -0.3 is 15.0 Å². The second-order valence-corrected chi connectivity index (χ2v) is 6.00. The number of hydrogen-bond donors (Lipinski definition) is 1. The molecule has 1 saturated heterocycles. The summed E-state index contributed by atoms with van der Waals surface area (Å²) >= 11 is 0. The third-order valence-electron chi connectivity index (χ3n) is 4.58. The molecule has 1 aliphatic carbocycles. The van der Waals surface area contributed by atoms with Crippen molar-refractivity contribution >= 4 is 6.09 Å². The standard InChI is InChI=1S/C15H28N2O2/c1-3-19-15(18)17-10-8-13(9-11-17)16-14-7-5-4-6-12(14)2/h12-14,16H,3-11H2,1-2H3. The molecule has 2 atom stereocenters. The number of nitrogens with zero attached hydrogens (tertiary/aromatic N) is 1. The Kier molecular flexibility index (Phi) is 5.49. The molecule has 0 bridgehead atoms. The van der Waals surface area contributed by atoms with E-state index in [9.17, 15) is 4.79 Å². The molecule has 110 valence electrons. The second kappa shape index (κ2) is 7.13. The van der Waals surface area contributed by atoms with Gasteiger partial charge in [0, 0.05) is 25.2 Å². The second-order valence-electron chi connectivity index (χ2n) is 6.00. The van der Waals surface area contributed by atoms with Crippen LogP contribution in [-0.4, -0.2) is 42.8 Å². The number of piperidine rings is 1. The monoisotopic (exact) mass is 268 g/mol. The molecular weight excluding hydrogens is 240 g/mol. The maximum atomic E-state index is 11.6. The normalized spacial score (nSPS) is 29.3. The van der Waals surface area contributed by atoms with E-state index in [4.69, 9.17) is 4.74 Å². The van der Waals surface area contributed by atoms with E-state index in [-0.39, 0.29) is 6.09 Å². The molecule has 2 aliphatic rings. The summed E-state index contributed by atoms with van der Waals surface area (Å²) in [6.45, 7) is 6.35. The predicted octanol–water partition coefficient (Wildman–Crippen LogP) is 2.78. The Morgan fingerprint density at radius 1 is 1.21 bits per heavy atom. The molecule has 1 heterocycles. The first kappa shape index (κ1) is 14.6. The van der Waals surface area contributed by atoms with Gasteiger partial charge in [0.1, 0.15) is 0 Å². The largest absolute Gasteiger partial charge is 0.450 e. The maximum absolute atomic E-state index is 11.6. The van der Waals surface area contributed by atoms with Gasteiger partial charge in [-0.15, -0.1) is 0 Å². The fourth-order valence-electron chi connectivity index (χ4n) is 3.31. The van der Waals surface area contributed by atoms with Crippen molar-refractivity contribution in [1.29, 1.82) is 0 Å². The van der Waals surface area contributed by atoms with Crippen LogP contribution in [0.5, 0.6) is 0 Å². The van der Waals surface area contributed by atoms with Crippen LogP contribution in [0.4, 0.5) is 4.79 Å². The van der Waals surface area contributed by atoms with E-state index in [0.717, 1.165) is 31.8 Å². The summed E-state index contributed by atoms with van der Waals surface area (Å²) in [5.74, 6) is 0.803. The van der Waals surface area contributed by atoms with Crippen LogP contribution in [-0.2, 0) is 4.74 Å². The highest BCUT2D eigenvalue weighted by Gasteiger charge is 2.27. The third kappa shape index (κ3) is 4.10. The summed E-state index contributed by atoms with van der Waals surface area (Å²) in [4.78, 5) is 13.5. The Morgan fingerprint density at radius 2 is 1.89 bits per heavy atom. The van der Waals surface area contributed by atoms with Gasteiger partial charge in [-0.25, -0.2) is 4.79 Å². The van der Waals surface area contributed by atoms with E-state index >= 15 is 0 Å². The minimum Gasteiger partial charge on any atom is -0.450 e. The van der Waals surface area contributed by atoms with E-state index in [2.05, 4.69) is 12.2 Å². The van der Waals surface area contributed by atoms with E-state index in [1.165, 1.54) is 25.7 Å². The molecular formula is C15H28N2O2. The average Bonchev–Trinajstić information content (AvgIpc) is 2.42. The van der Waals surface area contributed by atoms with Gasteiger partial charge in [0.25, 0.3) is 0 Å². The third-order valence-corrected chi connectivity index (χ3v) is 4.58. The van der Waals surface area contributed by atoms with Crippen molar-refractivity contribution in [3.63, 3.8) is 0 Å². The maximum Gasteiger partial charge on any atom is 0.409 e. The number of rotatable bonds is 3. The van der Waals surface area contributed by atoms with Crippen molar-refractivity contribution in [2.24, 2.45) is 5.92 Å². The summed E-state index contributed by atoms with van der Waals surface area (Å²) in [5.41, 5.74) is 0. The zero-order valence-electron chi connectivity index (χ0n) is 12.4. The zero-order chi connectivity index (χ0) is 13.7. The predicted molar refractivity (Wildman–Crippen MR) is 76.2 cm³/mol. The van der Waals surface area contributed by atoms with Crippen LogP contribution in [0, 0.1) is 5.92 Å². The van der Waals surface area contributed by atoms with Crippen LogP contribution in [0.25, 0.3) is 0 Å². The Bertz CT molecular complexity index is 288. The molecule has 1 amide bonds. The number of amides is 1. The summed E-state index contributed by atoms with van der Waals surface area (Å²) in [6.07, 6.45) is 7.40. The Morgan fingerprint density at radius 3 is 2.53 bits per heavy atom. The average molecular weight is 268 g/mol. The molecule has 2 rings (SSSR count). The van der Waals surface area contributed by atoms with Gasteiger partial charge in [-0.3, -0.25) is 0 Å². The van der Waals surface area contributed by atoms with Gasteiger partial charge >= 0.3 is 6.09 Å². The molecule has 1 saturated carbocycles. The lowest BCUT2D eigenvalue weighted by atomic mass is 9.85. The van der Waals surface area contributed by atoms with E-state index in [1.807, 2.05) is 11.8 Å². The zero-order valence-corrected chi connectivity index (χ0v) is 12.4. The highest BCUT2D eigenvalue weighted by Crippen LogP contribution is 2.25. The van der Waals surface area contributed by atoms with Crippen molar-refractivity contribution in [2.45, 2.75) is 64.5 Å². The number of hydrogen-bond acceptors (Lipinski definition) is 3. The van der Waals surface area contributed by atoms with Gasteiger partial charge in [0.05, 0.1) is 6.61 Å². The first-order chi connectivity index (χ1) is 9.20. The summed E-state index contributed by atoms with van der Waals surface area (Å²) in [7, 11) is 0. The molecule has 0 aromatic heterocycles. The number of carbonyl (C=O) groups is 1. The van der Waals surface area contributed by atoms with Gasteiger partial charge in [-0.05, 0) is 38.5 Å². The lowest BCUT2D eigenvalue weighted by Crippen LogP contribution is -2.50. The molecule has 4 nitrogen and oxygen atoms in total. The molecule has 4 heteroatoms. The molecule has 0 aromatic carbocycles. The van der Waals surface area contributed by atoms with Crippen LogP contribution in [0.1, 0.15) is 52.4 Å². The van der Waals surface area contributed by atoms with Crippen LogP contribution >= 0.6 is 0 Å². The Balaban J connectivity index is 1.72. The number of carbonyl (C=O) groups excluding carboxylic acids is 1. The molecule has 0 radical (unpaired) electrons. The lowest BCUT2D eigenvalue weighted by molar-refractivity contribution is 0.0924. The van der Waals surface area contributed by atoms with Gasteiger partial charge in [-0.2, -0.15) is 0 Å². The topological polar surface area (TPSA) is 41.6 Å². The fourth-order valence-corrected chi connectivity index (χ4v) is 3.31. The quantitative estimate of drug-likeness (QED) is 0.855. The smallest absolute Gasteiger partial charge is 0.409 e. The van der Waals surface area contributed by atoms with Crippen LogP contribution < -0.4 is 5.32 Å². The van der Waals surface area contributed by atoms with E-state index < -0.39 is 0 Å². The SMILES string of the molecule is CCOC(=O)N1CCC(NC2CCCCC2C)CC1. The van der Waals surface area contributed by atoms with Gasteiger partial charge in [0.2, 0.25) is 0 Å². The number of likely N-dealkylation sites (tertiary alicyclic amines) is 1. The van der Waals surface area contributed by atoms with Crippen molar-refractivity contribution < 1.29 is 9.53 Å². The van der Waals surface area contributed by atoms with E-state index in [0.29, 0.717) is 18.7 Å². The summed E-state index contributed by atoms with van der Waals surface area (Å²) in [6, 6.07) is 1.27. The molecule has 1 aliphatic heterocycles. The molecule has 2 fully saturated rings. The minimum absolute atomic E-state index is 0.146. The molecule has 2 unspecified atom stereocenters. The highest BCUT2D eigenvalue weighted by molar-refractivity contribution is 5.67. The van der Waals surface area contributed by atoms with Crippen LogP contribution in [0.3, 0.4) is 0 Å². The van der Waals surface area contributed by atoms with Crippen molar-refractivity contribution in [1.82, 2.24) is 10.2 Å². The summed E-state index contributed by atoms with van der Waals surface area (Å²) < 4.78 is 5.05. The first-order valence-electron chi connectivity index (χ1n) is 7.88. The highest BCUT2D eigenvalue weighted by atomic mass is 16.6. The molecule has 0 spiro atoms. The molecule has 19 heavy (non-hydrogen) atoms. The first-order valence-corrected chi connectivity index (χ1v) is 7.88. The van der Waals surface area contributed by atoms with Gasteiger partial charge in [-0.1, -0.05) is 19.8 Å². The Hall–Kier alpha value is -0.770. The van der Waals surface area contributed by atoms with Gasteiger partial charge in [0.15, 0.2) is 0 Å².